The molecule has 7 heteroatoms. The quantitative estimate of drug-likeness (QED) is 0.437. The molecule has 2 aromatic carbocycles. The Kier molecular flexibility index (Phi) is 8.09. The number of fused-ring (bicyclic) bond motifs is 3. The Morgan fingerprint density at radius 1 is 0.909 bits per heavy atom. The van der Waals surface area contributed by atoms with E-state index in [0.717, 1.165) is 41.5 Å². The first-order valence-electron chi connectivity index (χ1n) is 11.4. The third-order valence-electron chi connectivity index (χ3n) is 5.93. The minimum Gasteiger partial charge on any atom is -0.481 e. The summed E-state index contributed by atoms with van der Waals surface area (Å²) < 4.78 is 5.54. The Morgan fingerprint density at radius 2 is 1.48 bits per heavy atom. The van der Waals surface area contributed by atoms with Crippen LogP contribution < -0.4 is 10.6 Å². The van der Waals surface area contributed by atoms with E-state index in [2.05, 4.69) is 34.9 Å². The first kappa shape index (κ1) is 24.3. The smallest absolute Gasteiger partial charge is 0.408 e. The van der Waals surface area contributed by atoms with Gasteiger partial charge in [-0.05, 0) is 48.9 Å². The molecule has 2 aromatic rings. The van der Waals surface area contributed by atoms with Gasteiger partial charge >= 0.3 is 12.1 Å². The van der Waals surface area contributed by atoms with Gasteiger partial charge in [0.2, 0.25) is 5.91 Å². The number of unbranched alkanes of at least 4 members (excludes halogenated alkanes) is 3. The van der Waals surface area contributed by atoms with Crippen LogP contribution in [0.2, 0.25) is 0 Å². The van der Waals surface area contributed by atoms with Gasteiger partial charge in [0.05, 0.1) is 0 Å². The Balaban J connectivity index is 1.45. The number of carboxylic acids is 1. The van der Waals surface area contributed by atoms with Crippen LogP contribution >= 0.6 is 0 Å². The molecule has 3 rings (SSSR count). The topological polar surface area (TPSA) is 105 Å². The number of carbonyl (C=O) groups excluding carboxylic acids is 2. The van der Waals surface area contributed by atoms with Gasteiger partial charge in [-0.2, -0.15) is 0 Å². The Bertz CT molecular complexity index is 956. The van der Waals surface area contributed by atoms with Crippen LogP contribution in [0.15, 0.2) is 48.5 Å². The fraction of sp³-hybridized carbons (Fsp3) is 0.423. The summed E-state index contributed by atoms with van der Waals surface area (Å²) in [6.07, 6.45) is 2.58. The third-order valence-corrected chi connectivity index (χ3v) is 5.93. The average molecular weight is 453 g/mol. The zero-order chi connectivity index (χ0) is 23.8. The molecular weight excluding hydrogens is 420 g/mol. The predicted octanol–water partition coefficient (Wildman–Crippen LogP) is 4.46. The maximum atomic E-state index is 12.5. The van der Waals surface area contributed by atoms with Gasteiger partial charge in [-0.1, -0.05) is 61.4 Å². The predicted molar refractivity (Wildman–Crippen MR) is 126 cm³/mol. The highest BCUT2D eigenvalue weighted by Gasteiger charge is 2.32. The maximum Gasteiger partial charge on any atom is 0.408 e. The van der Waals surface area contributed by atoms with E-state index in [-0.39, 0.29) is 24.9 Å². The van der Waals surface area contributed by atoms with Crippen molar-refractivity contribution in [2.24, 2.45) is 0 Å². The van der Waals surface area contributed by atoms with Crippen molar-refractivity contribution in [1.82, 2.24) is 10.6 Å². The molecule has 0 fully saturated rings. The van der Waals surface area contributed by atoms with Crippen molar-refractivity contribution < 1.29 is 24.2 Å². The highest BCUT2D eigenvalue weighted by molar-refractivity contribution is 5.89. The largest absolute Gasteiger partial charge is 0.481 e. The molecule has 7 nitrogen and oxygen atoms in total. The molecule has 0 radical (unpaired) electrons. The van der Waals surface area contributed by atoms with Crippen molar-refractivity contribution in [2.75, 3.05) is 13.2 Å². The summed E-state index contributed by atoms with van der Waals surface area (Å²) in [6.45, 7) is 3.93. The molecule has 176 valence electrons. The second-order valence-electron chi connectivity index (χ2n) is 8.89. The van der Waals surface area contributed by atoms with Gasteiger partial charge in [-0.3, -0.25) is 9.59 Å². The summed E-state index contributed by atoms with van der Waals surface area (Å²) in [7, 11) is 0. The van der Waals surface area contributed by atoms with E-state index in [9.17, 15) is 14.4 Å². The lowest BCUT2D eigenvalue weighted by Crippen LogP contribution is -2.55. The van der Waals surface area contributed by atoms with Gasteiger partial charge in [-0.15, -0.1) is 0 Å². The van der Waals surface area contributed by atoms with E-state index in [0.29, 0.717) is 13.0 Å². The normalized spacial score (nSPS) is 12.5. The number of aliphatic carboxylic acids is 1. The number of carboxylic acid groups (broad SMARTS) is 1. The second kappa shape index (κ2) is 11.0. The molecule has 0 unspecified atom stereocenters. The Morgan fingerprint density at radius 3 is 2.09 bits per heavy atom. The Hall–Kier alpha value is -3.35. The van der Waals surface area contributed by atoms with Crippen molar-refractivity contribution in [3.8, 4) is 11.1 Å². The number of nitrogens with one attached hydrogen (secondary N) is 2. The average Bonchev–Trinajstić information content (AvgIpc) is 3.10. The highest BCUT2D eigenvalue weighted by atomic mass is 16.5. The summed E-state index contributed by atoms with van der Waals surface area (Å²) in [5.74, 6) is -1.12. The molecule has 2 amide bonds. The number of rotatable bonds is 11. The summed E-state index contributed by atoms with van der Waals surface area (Å²) >= 11 is 0. The molecule has 0 heterocycles. The van der Waals surface area contributed by atoms with E-state index in [1.165, 1.54) is 0 Å². The van der Waals surface area contributed by atoms with Gasteiger partial charge in [0.1, 0.15) is 12.1 Å². The van der Waals surface area contributed by atoms with Gasteiger partial charge in [0.15, 0.2) is 0 Å². The zero-order valence-corrected chi connectivity index (χ0v) is 19.2. The van der Waals surface area contributed by atoms with E-state index < -0.39 is 17.6 Å². The van der Waals surface area contributed by atoms with E-state index >= 15 is 0 Å². The number of alkyl carbamates (subject to hydrolysis) is 1. The number of ether oxygens (including phenoxy) is 1. The van der Waals surface area contributed by atoms with Crippen LogP contribution in [-0.4, -0.2) is 41.8 Å². The minimum absolute atomic E-state index is 0.0405. The molecule has 1 aliphatic rings. The molecule has 0 atom stereocenters. The van der Waals surface area contributed by atoms with Gasteiger partial charge in [-0.25, -0.2) is 4.79 Å². The van der Waals surface area contributed by atoms with Crippen LogP contribution in [0.4, 0.5) is 4.79 Å². The van der Waals surface area contributed by atoms with Crippen molar-refractivity contribution >= 4 is 18.0 Å². The molecule has 0 aromatic heterocycles. The molecule has 0 aliphatic heterocycles. The molecule has 1 aliphatic carbocycles. The molecule has 33 heavy (non-hydrogen) atoms. The number of hydrogen-bond donors (Lipinski definition) is 3. The number of hydrogen-bond acceptors (Lipinski definition) is 4. The van der Waals surface area contributed by atoms with Gasteiger partial charge in [0.25, 0.3) is 0 Å². The molecule has 0 bridgehead atoms. The van der Waals surface area contributed by atoms with Crippen molar-refractivity contribution in [3.63, 3.8) is 0 Å². The maximum absolute atomic E-state index is 12.5. The highest BCUT2D eigenvalue weighted by Crippen LogP contribution is 2.44. The summed E-state index contributed by atoms with van der Waals surface area (Å²) in [6, 6.07) is 16.2. The van der Waals surface area contributed by atoms with Crippen LogP contribution in [0, 0.1) is 0 Å². The van der Waals surface area contributed by atoms with Crippen molar-refractivity contribution in [3.05, 3.63) is 59.7 Å². The van der Waals surface area contributed by atoms with E-state index in [1.807, 2.05) is 24.3 Å². The van der Waals surface area contributed by atoms with E-state index in [1.54, 1.807) is 13.8 Å². The summed E-state index contributed by atoms with van der Waals surface area (Å²) in [5, 5.41) is 14.1. The zero-order valence-electron chi connectivity index (χ0n) is 19.2. The fourth-order valence-electron chi connectivity index (χ4n) is 4.12. The third kappa shape index (κ3) is 6.34. The van der Waals surface area contributed by atoms with Crippen LogP contribution in [0.1, 0.15) is 63.0 Å². The van der Waals surface area contributed by atoms with Gasteiger partial charge < -0.3 is 20.5 Å². The molecular formula is C26H32N2O5. The van der Waals surface area contributed by atoms with Crippen LogP contribution in [0.3, 0.4) is 0 Å². The summed E-state index contributed by atoms with van der Waals surface area (Å²) in [5.41, 5.74) is 3.46. The summed E-state index contributed by atoms with van der Waals surface area (Å²) in [4.78, 5) is 35.5. The molecule has 0 saturated heterocycles. The first-order chi connectivity index (χ1) is 15.8. The number of benzene rings is 2. The lowest BCUT2D eigenvalue weighted by molar-refractivity contribution is -0.137. The van der Waals surface area contributed by atoms with E-state index in [4.69, 9.17) is 9.84 Å². The molecule has 0 spiro atoms. The number of amides is 2. The van der Waals surface area contributed by atoms with Crippen molar-refractivity contribution in [2.45, 2.75) is 57.4 Å². The SMILES string of the molecule is CC(C)(NC(=O)OCC1c2ccccc2-c2ccccc21)C(=O)NCCCCCCC(=O)O. The monoisotopic (exact) mass is 452 g/mol. The van der Waals surface area contributed by atoms with Crippen LogP contribution in [0.5, 0.6) is 0 Å². The standard InChI is InChI=1S/C26H32N2O5/c1-26(2,24(31)27-16-10-4-3-5-15-23(29)30)28-25(32)33-17-22-20-13-8-6-11-18(20)19-12-7-9-14-21(19)22/h6-9,11-14,22H,3-5,10,15-17H2,1-2H3,(H,27,31)(H,28,32)(H,29,30). The van der Waals surface area contributed by atoms with Crippen molar-refractivity contribution in [1.29, 1.82) is 0 Å². The van der Waals surface area contributed by atoms with Crippen LogP contribution in [0.25, 0.3) is 11.1 Å². The van der Waals surface area contributed by atoms with Crippen LogP contribution in [-0.2, 0) is 14.3 Å². The minimum atomic E-state index is -1.12. The molecule has 0 saturated carbocycles. The Labute approximate surface area is 194 Å². The lowest BCUT2D eigenvalue weighted by Gasteiger charge is -2.25. The lowest BCUT2D eigenvalue weighted by atomic mass is 9.98. The second-order valence-corrected chi connectivity index (χ2v) is 8.89. The fourth-order valence-corrected chi connectivity index (χ4v) is 4.12. The molecule has 3 N–H and O–H groups in total. The first-order valence-corrected chi connectivity index (χ1v) is 11.4. The van der Waals surface area contributed by atoms with Gasteiger partial charge in [0, 0.05) is 18.9 Å². The number of carbonyl (C=O) groups is 3.